The zero-order valence-corrected chi connectivity index (χ0v) is 14.3. The van der Waals surface area contributed by atoms with E-state index in [1.54, 1.807) is 13.8 Å². The van der Waals surface area contributed by atoms with Gasteiger partial charge in [0.15, 0.2) is 0 Å². The van der Waals surface area contributed by atoms with Crippen LogP contribution in [0, 0.1) is 13.8 Å². The van der Waals surface area contributed by atoms with Gasteiger partial charge in [-0.3, -0.25) is 9.36 Å². The molecule has 2 aromatic rings. The molecule has 1 aromatic carbocycles. The Labute approximate surface area is 142 Å². The maximum Gasteiger partial charge on any atom is 0.417 e. The normalized spacial score (nSPS) is 12.4. The van der Waals surface area contributed by atoms with Gasteiger partial charge >= 0.3 is 6.18 Å². The van der Waals surface area contributed by atoms with Crippen molar-refractivity contribution in [3.8, 4) is 0 Å². The molecule has 1 heterocycles. The number of benzene rings is 1. The fourth-order valence-electron chi connectivity index (χ4n) is 2.15. The molecule has 10 heteroatoms. The van der Waals surface area contributed by atoms with Crippen molar-refractivity contribution in [3.05, 3.63) is 57.8 Å². The maximum atomic E-state index is 13.0. The van der Waals surface area contributed by atoms with Crippen molar-refractivity contribution >= 4 is 10.0 Å². The Bertz CT molecular complexity index is 937. The molecule has 2 rings (SSSR count). The minimum absolute atomic E-state index is 0.0552. The monoisotopic (exact) mass is 375 g/mol. The first-order valence-electron chi connectivity index (χ1n) is 7.22. The van der Waals surface area contributed by atoms with Crippen LogP contribution in [0.1, 0.15) is 16.8 Å². The molecule has 6 nitrogen and oxygen atoms in total. The summed E-state index contributed by atoms with van der Waals surface area (Å²) in [5.74, 6) is 0. The first kappa shape index (κ1) is 19.1. The molecule has 0 saturated heterocycles. The summed E-state index contributed by atoms with van der Waals surface area (Å²) in [5, 5.41) is 0. The van der Waals surface area contributed by atoms with Crippen LogP contribution in [0.4, 0.5) is 13.2 Å². The van der Waals surface area contributed by atoms with E-state index in [0.717, 1.165) is 12.1 Å². The van der Waals surface area contributed by atoms with Gasteiger partial charge in [-0.2, -0.15) is 13.2 Å². The molecule has 1 N–H and O–H groups in total. The summed E-state index contributed by atoms with van der Waals surface area (Å²) >= 11 is 0. The molecule has 0 aliphatic heterocycles. The van der Waals surface area contributed by atoms with Crippen LogP contribution in [0.25, 0.3) is 0 Å². The number of alkyl halides is 3. The van der Waals surface area contributed by atoms with Crippen molar-refractivity contribution in [1.29, 1.82) is 0 Å². The van der Waals surface area contributed by atoms with Crippen LogP contribution in [0.2, 0.25) is 0 Å². The molecule has 136 valence electrons. The van der Waals surface area contributed by atoms with E-state index in [-0.39, 0.29) is 18.6 Å². The van der Waals surface area contributed by atoms with E-state index >= 15 is 0 Å². The molecular formula is C15H16F3N3O3S. The van der Waals surface area contributed by atoms with Crippen LogP contribution in [-0.4, -0.2) is 24.5 Å². The molecule has 0 bridgehead atoms. The summed E-state index contributed by atoms with van der Waals surface area (Å²) in [6.07, 6.45) is -3.52. The molecule has 1 aromatic heterocycles. The Kier molecular flexibility index (Phi) is 5.33. The van der Waals surface area contributed by atoms with Crippen LogP contribution < -0.4 is 10.3 Å². The molecule has 25 heavy (non-hydrogen) atoms. The highest BCUT2D eigenvalue weighted by atomic mass is 32.2. The van der Waals surface area contributed by atoms with Crippen LogP contribution >= 0.6 is 0 Å². The fraction of sp³-hybridized carbons (Fsp3) is 0.333. The average molecular weight is 375 g/mol. The molecule has 0 fully saturated rings. The second-order valence-electron chi connectivity index (χ2n) is 5.35. The average Bonchev–Trinajstić information content (AvgIpc) is 2.54. The topological polar surface area (TPSA) is 81.1 Å². The number of halogens is 3. The largest absolute Gasteiger partial charge is 0.417 e. The maximum absolute atomic E-state index is 13.0. The predicted molar refractivity (Wildman–Crippen MR) is 84.6 cm³/mol. The molecule has 0 unspecified atom stereocenters. The quantitative estimate of drug-likeness (QED) is 0.865. The van der Waals surface area contributed by atoms with Crippen LogP contribution in [-0.2, 0) is 22.7 Å². The number of nitrogens with zero attached hydrogens (tertiary/aromatic N) is 2. The summed E-state index contributed by atoms with van der Waals surface area (Å²) in [6.45, 7) is 2.95. The summed E-state index contributed by atoms with van der Waals surface area (Å²) in [5.41, 5.74) is -0.594. The number of hydrogen-bond acceptors (Lipinski definition) is 4. The van der Waals surface area contributed by atoms with Crippen LogP contribution in [0.5, 0.6) is 0 Å². The lowest BCUT2D eigenvalue weighted by molar-refractivity contribution is -0.139. The summed E-state index contributed by atoms with van der Waals surface area (Å²) in [4.78, 5) is 15.1. The van der Waals surface area contributed by atoms with Gasteiger partial charge in [0.1, 0.15) is 0 Å². The van der Waals surface area contributed by atoms with Gasteiger partial charge in [0, 0.05) is 24.3 Å². The molecule has 0 radical (unpaired) electrons. The molecule has 0 amide bonds. The van der Waals surface area contributed by atoms with Crippen LogP contribution in [0.3, 0.4) is 0 Å². The van der Waals surface area contributed by atoms with Gasteiger partial charge in [0.25, 0.3) is 5.56 Å². The lowest BCUT2D eigenvalue weighted by Gasteiger charge is -2.14. The lowest BCUT2D eigenvalue weighted by atomic mass is 10.2. The molecule has 0 spiro atoms. The van der Waals surface area contributed by atoms with E-state index < -0.39 is 26.7 Å². The van der Waals surface area contributed by atoms with E-state index in [1.165, 1.54) is 17.0 Å². The Hall–Kier alpha value is -2.20. The number of rotatable bonds is 5. The van der Waals surface area contributed by atoms with Crippen molar-refractivity contribution in [1.82, 2.24) is 14.3 Å². The Morgan fingerprint density at radius 2 is 1.84 bits per heavy atom. The lowest BCUT2D eigenvalue weighted by Crippen LogP contribution is -2.33. The number of aromatic nitrogens is 2. The van der Waals surface area contributed by atoms with Gasteiger partial charge in [0.2, 0.25) is 10.0 Å². The van der Waals surface area contributed by atoms with E-state index in [4.69, 9.17) is 0 Å². The third kappa shape index (κ3) is 4.26. The summed E-state index contributed by atoms with van der Waals surface area (Å²) in [7, 11) is -4.38. The van der Waals surface area contributed by atoms with Gasteiger partial charge in [-0.1, -0.05) is 12.1 Å². The Morgan fingerprint density at radius 3 is 2.48 bits per heavy atom. The van der Waals surface area contributed by atoms with E-state index in [2.05, 4.69) is 9.71 Å². The highest BCUT2D eigenvalue weighted by Crippen LogP contribution is 2.33. The first-order valence-corrected chi connectivity index (χ1v) is 8.71. The number of nitrogens with one attached hydrogen (secondary N) is 1. The van der Waals surface area contributed by atoms with Crippen molar-refractivity contribution < 1.29 is 21.6 Å². The summed E-state index contributed by atoms with van der Waals surface area (Å²) < 4.78 is 66.5. The van der Waals surface area contributed by atoms with Gasteiger partial charge in [-0.15, -0.1) is 0 Å². The van der Waals surface area contributed by atoms with Gasteiger partial charge in [-0.25, -0.2) is 18.1 Å². The highest BCUT2D eigenvalue weighted by Gasteiger charge is 2.36. The number of sulfonamides is 1. The van der Waals surface area contributed by atoms with Crippen molar-refractivity contribution in [2.75, 3.05) is 6.54 Å². The molecule has 0 saturated carbocycles. The Balaban J connectivity index is 2.19. The van der Waals surface area contributed by atoms with Gasteiger partial charge < -0.3 is 0 Å². The number of hydrogen-bond donors (Lipinski definition) is 1. The third-order valence-electron chi connectivity index (χ3n) is 3.64. The minimum Gasteiger partial charge on any atom is -0.298 e. The van der Waals surface area contributed by atoms with Crippen molar-refractivity contribution in [2.24, 2.45) is 0 Å². The molecular weight excluding hydrogens is 359 g/mol. The highest BCUT2D eigenvalue weighted by molar-refractivity contribution is 7.89. The molecule has 0 aliphatic carbocycles. The van der Waals surface area contributed by atoms with Gasteiger partial charge in [0.05, 0.1) is 16.8 Å². The van der Waals surface area contributed by atoms with Gasteiger partial charge in [-0.05, 0) is 26.0 Å². The minimum atomic E-state index is -4.79. The zero-order chi connectivity index (χ0) is 18.8. The molecule has 0 atom stereocenters. The fourth-order valence-corrected chi connectivity index (χ4v) is 3.39. The second kappa shape index (κ2) is 6.96. The first-order chi connectivity index (χ1) is 11.5. The smallest absolute Gasteiger partial charge is 0.298 e. The van der Waals surface area contributed by atoms with Crippen molar-refractivity contribution in [3.63, 3.8) is 0 Å². The second-order valence-corrected chi connectivity index (χ2v) is 7.08. The van der Waals surface area contributed by atoms with E-state index in [0.29, 0.717) is 17.3 Å². The van der Waals surface area contributed by atoms with E-state index in [9.17, 15) is 26.4 Å². The number of aryl methyl sites for hydroxylation is 1. The standard InChI is InChI=1S/C15H16F3N3O3S/c1-10-11(2)19-9-21(14(10)22)8-7-20-25(23,24)13-6-4-3-5-12(13)15(16,17)18/h3-6,9,20H,7-8H2,1-2H3. The summed E-state index contributed by atoms with van der Waals surface area (Å²) in [6, 6.07) is 3.91. The van der Waals surface area contributed by atoms with Crippen LogP contribution in [0.15, 0.2) is 40.3 Å². The SMILES string of the molecule is Cc1ncn(CCNS(=O)(=O)c2ccccc2C(F)(F)F)c(=O)c1C. The van der Waals surface area contributed by atoms with E-state index in [1.807, 2.05) is 0 Å². The predicted octanol–water partition coefficient (Wildman–Crippen LogP) is 1.86. The Morgan fingerprint density at radius 1 is 1.20 bits per heavy atom. The zero-order valence-electron chi connectivity index (χ0n) is 13.5. The molecule has 0 aliphatic rings. The third-order valence-corrected chi connectivity index (χ3v) is 5.16. The van der Waals surface area contributed by atoms with Crippen molar-refractivity contribution in [2.45, 2.75) is 31.5 Å².